The van der Waals surface area contributed by atoms with Crippen LogP contribution in [-0.2, 0) is 16.0 Å². The lowest BCUT2D eigenvalue weighted by Gasteiger charge is -2.06. The number of nitrogens with one attached hydrogen (secondary N) is 1. The lowest BCUT2D eigenvalue weighted by Crippen LogP contribution is -2.20. The van der Waals surface area contributed by atoms with Crippen LogP contribution in [-0.4, -0.2) is 30.6 Å². The van der Waals surface area contributed by atoms with E-state index in [1.165, 1.54) is 14.0 Å². The molecule has 5 nitrogen and oxygen atoms in total. The molecule has 0 aliphatic rings. The zero-order valence-corrected chi connectivity index (χ0v) is 11.5. The van der Waals surface area contributed by atoms with Gasteiger partial charge in [-0.3, -0.25) is 9.59 Å². The van der Waals surface area contributed by atoms with Gasteiger partial charge in [0.1, 0.15) is 5.75 Å². The molecule has 0 unspecified atom stereocenters. The maximum atomic E-state index is 10.7. The topological polar surface area (TPSA) is 75.6 Å². The Hall–Kier alpha value is -2.48. The molecule has 0 spiro atoms. The van der Waals surface area contributed by atoms with Crippen molar-refractivity contribution in [2.75, 3.05) is 13.7 Å². The molecule has 1 aromatic carbocycles. The van der Waals surface area contributed by atoms with Gasteiger partial charge >= 0.3 is 5.97 Å². The van der Waals surface area contributed by atoms with Crippen LogP contribution in [0.1, 0.15) is 24.5 Å². The van der Waals surface area contributed by atoms with E-state index in [2.05, 4.69) is 17.2 Å². The fourth-order valence-electron chi connectivity index (χ4n) is 1.60. The maximum absolute atomic E-state index is 10.7. The SMILES string of the molecule is COc1cc(C#CCCNC(C)=O)ccc1CC(=O)O. The van der Waals surface area contributed by atoms with Crippen LogP contribution >= 0.6 is 0 Å². The summed E-state index contributed by atoms with van der Waals surface area (Å²) in [4.78, 5) is 21.4. The van der Waals surface area contributed by atoms with Gasteiger partial charge in [0.15, 0.2) is 0 Å². The van der Waals surface area contributed by atoms with Gasteiger partial charge in [-0.05, 0) is 12.1 Å². The van der Waals surface area contributed by atoms with E-state index in [1.807, 2.05) is 0 Å². The number of carboxylic acid groups (broad SMARTS) is 1. The zero-order chi connectivity index (χ0) is 15.0. The number of carbonyl (C=O) groups excluding carboxylic acids is 1. The third-order valence-electron chi connectivity index (χ3n) is 2.49. The van der Waals surface area contributed by atoms with Crippen molar-refractivity contribution in [3.8, 4) is 17.6 Å². The Labute approximate surface area is 117 Å². The van der Waals surface area contributed by atoms with Gasteiger partial charge < -0.3 is 15.2 Å². The lowest BCUT2D eigenvalue weighted by atomic mass is 10.1. The molecule has 0 fully saturated rings. The molecule has 0 radical (unpaired) electrons. The average Bonchev–Trinajstić information content (AvgIpc) is 2.38. The molecule has 0 heterocycles. The van der Waals surface area contributed by atoms with Crippen LogP contribution < -0.4 is 10.1 Å². The van der Waals surface area contributed by atoms with Crippen molar-refractivity contribution < 1.29 is 19.4 Å². The van der Waals surface area contributed by atoms with Gasteiger partial charge in [0.05, 0.1) is 13.5 Å². The summed E-state index contributed by atoms with van der Waals surface area (Å²) >= 11 is 0. The van der Waals surface area contributed by atoms with Crippen LogP contribution in [0.5, 0.6) is 5.75 Å². The Morgan fingerprint density at radius 3 is 2.75 bits per heavy atom. The third kappa shape index (κ3) is 5.44. The summed E-state index contributed by atoms with van der Waals surface area (Å²) in [5.74, 6) is 5.41. The first-order chi connectivity index (χ1) is 9.52. The van der Waals surface area contributed by atoms with Crippen molar-refractivity contribution in [1.82, 2.24) is 5.32 Å². The molecule has 106 valence electrons. The van der Waals surface area contributed by atoms with E-state index in [-0.39, 0.29) is 12.3 Å². The highest BCUT2D eigenvalue weighted by Gasteiger charge is 2.07. The summed E-state index contributed by atoms with van der Waals surface area (Å²) in [5, 5.41) is 11.4. The van der Waals surface area contributed by atoms with Gasteiger partial charge in [-0.2, -0.15) is 0 Å². The first kappa shape index (κ1) is 15.6. The Morgan fingerprint density at radius 2 is 2.15 bits per heavy atom. The fraction of sp³-hybridized carbons (Fsp3) is 0.333. The van der Waals surface area contributed by atoms with Crippen LogP contribution in [0.25, 0.3) is 0 Å². The number of hydrogen-bond acceptors (Lipinski definition) is 3. The Morgan fingerprint density at radius 1 is 1.40 bits per heavy atom. The summed E-state index contributed by atoms with van der Waals surface area (Å²) in [5.41, 5.74) is 1.36. The predicted molar refractivity (Wildman–Crippen MR) is 74.5 cm³/mol. The monoisotopic (exact) mass is 275 g/mol. The van der Waals surface area contributed by atoms with Crippen LogP contribution in [0.2, 0.25) is 0 Å². The Kier molecular flexibility index (Phi) is 6.11. The van der Waals surface area contributed by atoms with E-state index in [0.29, 0.717) is 24.3 Å². The van der Waals surface area contributed by atoms with Gasteiger partial charge in [-0.1, -0.05) is 17.9 Å². The molecule has 0 saturated carbocycles. The molecule has 0 bridgehead atoms. The van der Waals surface area contributed by atoms with Crippen molar-refractivity contribution in [2.45, 2.75) is 19.8 Å². The Balaban J connectivity index is 2.70. The average molecular weight is 275 g/mol. The minimum absolute atomic E-state index is 0.0773. The van der Waals surface area contributed by atoms with E-state index in [1.54, 1.807) is 18.2 Å². The molecule has 0 aliphatic carbocycles. The molecule has 0 aromatic heterocycles. The van der Waals surface area contributed by atoms with Crippen LogP contribution in [0, 0.1) is 11.8 Å². The van der Waals surface area contributed by atoms with Gasteiger partial charge in [0.2, 0.25) is 5.91 Å². The first-order valence-electron chi connectivity index (χ1n) is 6.15. The molecule has 0 aliphatic heterocycles. The number of benzene rings is 1. The number of carbonyl (C=O) groups is 2. The molecular weight excluding hydrogens is 258 g/mol. The number of amides is 1. The first-order valence-corrected chi connectivity index (χ1v) is 6.15. The second kappa shape index (κ2) is 7.85. The fourth-order valence-corrected chi connectivity index (χ4v) is 1.60. The van der Waals surface area contributed by atoms with Crippen molar-refractivity contribution in [3.63, 3.8) is 0 Å². The normalized spacial score (nSPS) is 9.30. The number of aliphatic carboxylic acids is 1. The Bertz CT molecular complexity index is 555. The summed E-state index contributed by atoms with van der Waals surface area (Å²) in [6.07, 6.45) is 0.470. The molecule has 2 N–H and O–H groups in total. The van der Waals surface area contributed by atoms with Crippen LogP contribution in [0.3, 0.4) is 0 Å². The molecule has 5 heteroatoms. The van der Waals surface area contributed by atoms with E-state index in [4.69, 9.17) is 9.84 Å². The molecule has 0 atom stereocenters. The summed E-state index contributed by atoms with van der Waals surface area (Å²) in [6, 6.07) is 5.17. The standard InChI is InChI=1S/C15H17NO4/c1-11(17)16-8-4-3-5-12-6-7-13(10-15(18)19)14(9-12)20-2/h6-7,9H,4,8,10H2,1-2H3,(H,16,17)(H,18,19). The van der Waals surface area contributed by atoms with Gasteiger partial charge in [0.25, 0.3) is 0 Å². The van der Waals surface area contributed by atoms with E-state index in [9.17, 15) is 9.59 Å². The van der Waals surface area contributed by atoms with E-state index in [0.717, 1.165) is 5.56 Å². The zero-order valence-electron chi connectivity index (χ0n) is 11.5. The quantitative estimate of drug-likeness (QED) is 0.625. The van der Waals surface area contributed by atoms with E-state index >= 15 is 0 Å². The van der Waals surface area contributed by atoms with Crippen LogP contribution in [0.4, 0.5) is 0 Å². The van der Waals surface area contributed by atoms with Crippen molar-refractivity contribution in [1.29, 1.82) is 0 Å². The number of rotatable bonds is 5. The second-order valence-corrected chi connectivity index (χ2v) is 4.13. The third-order valence-corrected chi connectivity index (χ3v) is 2.49. The minimum Gasteiger partial charge on any atom is -0.496 e. The van der Waals surface area contributed by atoms with Gasteiger partial charge in [-0.25, -0.2) is 0 Å². The number of ether oxygens (including phenoxy) is 1. The molecule has 1 amide bonds. The maximum Gasteiger partial charge on any atom is 0.307 e. The molecule has 1 rings (SSSR count). The summed E-state index contributed by atoms with van der Waals surface area (Å²) < 4.78 is 5.16. The summed E-state index contributed by atoms with van der Waals surface area (Å²) in [6.45, 7) is 1.97. The predicted octanol–water partition coefficient (Wildman–Crippen LogP) is 1.20. The molecule has 20 heavy (non-hydrogen) atoms. The molecular formula is C15H17NO4. The molecule has 1 aromatic rings. The smallest absolute Gasteiger partial charge is 0.307 e. The van der Waals surface area contributed by atoms with Crippen molar-refractivity contribution >= 4 is 11.9 Å². The lowest BCUT2D eigenvalue weighted by molar-refractivity contribution is -0.136. The van der Waals surface area contributed by atoms with Gasteiger partial charge in [0, 0.05) is 31.0 Å². The summed E-state index contributed by atoms with van der Waals surface area (Å²) in [7, 11) is 1.49. The van der Waals surface area contributed by atoms with Crippen LogP contribution in [0.15, 0.2) is 18.2 Å². The van der Waals surface area contributed by atoms with Crippen molar-refractivity contribution in [2.24, 2.45) is 0 Å². The number of carboxylic acids is 1. The minimum atomic E-state index is -0.905. The number of hydrogen-bond donors (Lipinski definition) is 2. The van der Waals surface area contributed by atoms with E-state index < -0.39 is 5.97 Å². The number of methoxy groups -OCH3 is 1. The van der Waals surface area contributed by atoms with Gasteiger partial charge in [-0.15, -0.1) is 0 Å². The molecule has 0 saturated heterocycles. The van der Waals surface area contributed by atoms with Crippen molar-refractivity contribution in [3.05, 3.63) is 29.3 Å². The second-order valence-electron chi connectivity index (χ2n) is 4.13. The highest BCUT2D eigenvalue weighted by atomic mass is 16.5. The highest BCUT2D eigenvalue weighted by molar-refractivity contribution is 5.72. The largest absolute Gasteiger partial charge is 0.496 e. The highest BCUT2D eigenvalue weighted by Crippen LogP contribution is 2.20.